The van der Waals surface area contributed by atoms with Gasteiger partial charge in [-0.1, -0.05) is 17.7 Å². The Morgan fingerprint density at radius 2 is 1.86 bits per heavy atom. The molecule has 0 fully saturated rings. The standard InChI is InChI=1S/C18H25NO2/c1-12-8-9-15-14(10-12)13(2)11-17(3,4)19(15)18(5,6)16(20)21-7/h8-11H,1-7H3. The van der Waals surface area contributed by atoms with Gasteiger partial charge in [0.15, 0.2) is 0 Å². The van der Waals surface area contributed by atoms with Crippen molar-refractivity contribution in [2.45, 2.75) is 52.6 Å². The molecule has 0 aliphatic carbocycles. The number of allylic oxidation sites excluding steroid dienone is 1. The zero-order chi connectivity index (χ0) is 16.0. The van der Waals surface area contributed by atoms with E-state index in [0.717, 1.165) is 5.69 Å². The first-order valence-electron chi connectivity index (χ1n) is 7.30. The summed E-state index contributed by atoms with van der Waals surface area (Å²) >= 11 is 0. The topological polar surface area (TPSA) is 29.5 Å². The minimum absolute atomic E-state index is 0.227. The third kappa shape index (κ3) is 2.45. The van der Waals surface area contributed by atoms with Gasteiger partial charge in [-0.25, -0.2) is 4.79 Å². The fourth-order valence-electron chi connectivity index (χ4n) is 3.51. The lowest BCUT2D eigenvalue weighted by molar-refractivity contribution is -0.146. The number of rotatable bonds is 2. The Bertz CT molecular complexity index is 612. The number of fused-ring (bicyclic) bond motifs is 1. The van der Waals surface area contributed by atoms with Crippen LogP contribution in [0.4, 0.5) is 5.69 Å². The van der Waals surface area contributed by atoms with Crippen LogP contribution in [-0.4, -0.2) is 24.2 Å². The van der Waals surface area contributed by atoms with E-state index in [2.05, 4.69) is 56.9 Å². The van der Waals surface area contributed by atoms with E-state index in [1.165, 1.54) is 23.8 Å². The van der Waals surface area contributed by atoms with Gasteiger partial charge in [-0.05, 0) is 59.2 Å². The second kappa shape index (κ2) is 4.90. The lowest BCUT2D eigenvalue weighted by atomic mass is 9.83. The summed E-state index contributed by atoms with van der Waals surface area (Å²) in [5, 5.41) is 0. The van der Waals surface area contributed by atoms with Crippen LogP contribution in [0.2, 0.25) is 0 Å². The molecule has 114 valence electrons. The number of aryl methyl sites for hydroxylation is 1. The van der Waals surface area contributed by atoms with Gasteiger partial charge >= 0.3 is 5.97 Å². The van der Waals surface area contributed by atoms with E-state index in [-0.39, 0.29) is 11.5 Å². The van der Waals surface area contributed by atoms with Crippen LogP contribution in [0.15, 0.2) is 24.3 Å². The van der Waals surface area contributed by atoms with Crippen LogP contribution in [0.3, 0.4) is 0 Å². The molecule has 0 saturated heterocycles. The maximum atomic E-state index is 12.3. The van der Waals surface area contributed by atoms with E-state index < -0.39 is 5.54 Å². The normalized spacial score (nSPS) is 17.1. The summed E-state index contributed by atoms with van der Waals surface area (Å²) in [6.45, 7) is 12.3. The molecule has 0 radical (unpaired) electrons. The molecular weight excluding hydrogens is 262 g/mol. The zero-order valence-corrected chi connectivity index (χ0v) is 14.1. The Balaban J connectivity index is 2.68. The first kappa shape index (κ1) is 15.6. The van der Waals surface area contributed by atoms with E-state index in [9.17, 15) is 4.79 Å². The molecule has 1 heterocycles. The first-order chi connectivity index (χ1) is 9.61. The van der Waals surface area contributed by atoms with Gasteiger partial charge < -0.3 is 9.64 Å². The molecule has 3 heteroatoms. The molecule has 0 amide bonds. The number of hydrogen-bond donors (Lipinski definition) is 0. The highest BCUT2D eigenvalue weighted by Crippen LogP contribution is 2.43. The Labute approximate surface area is 127 Å². The van der Waals surface area contributed by atoms with E-state index in [1.807, 2.05) is 13.8 Å². The molecule has 0 N–H and O–H groups in total. The smallest absolute Gasteiger partial charge is 0.331 e. The third-order valence-corrected chi connectivity index (χ3v) is 4.21. The average Bonchev–Trinajstić information content (AvgIpc) is 2.37. The lowest BCUT2D eigenvalue weighted by Gasteiger charge is -2.50. The van der Waals surface area contributed by atoms with Crippen LogP contribution >= 0.6 is 0 Å². The molecule has 21 heavy (non-hydrogen) atoms. The molecule has 0 bridgehead atoms. The Hall–Kier alpha value is -1.77. The predicted molar refractivity (Wildman–Crippen MR) is 87.5 cm³/mol. The van der Waals surface area contributed by atoms with Crippen LogP contribution in [-0.2, 0) is 9.53 Å². The SMILES string of the molecule is COC(=O)C(C)(C)N1c2ccc(C)cc2C(C)=CC1(C)C. The summed E-state index contributed by atoms with van der Waals surface area (Å²) in [5.41, 5.74) is 3.74. The summed E-state index contributed by atoms with van der Waals surface area (Å²) < 4.78 is 5.03. The van der Waals surface area contributed by atoms with Gasteiger partial charge in [-0.2, -0.15) is 0 Å². The highest BCUT2D eigenvalue weighted by atomic mass is 16.5. The fraction of sp³-hybridized carbons (Fsp3) is 0.500. The van der Waals surface area contributed by atoms with Crippen LogP contribution in [0.1, 0.15) is 45.7 Å². The minimum atomic E-state index is -0.737. The number of methoxy groups -OCH3 is 1. The summed E-state index contributed by atoms with van der Waals surface area (Å²) in [6.07, 6.45) is 2.22. The summed E-state index contributed by atoms with van der Waals surface area (Å²) in [7, 11) is 1.44. The van der Waals surface area contributed by atoms with Gasteiger partial charge in [0, 0.05) is 11.3 Å². The second-order valence-corrected chi connectivity index (χ2v) is 6.89. The van der Waals surface area contributed by atoms with E-state index in [0.29, 0.717) is 0 Å². The van der Waals surface area contributed by atoms with Gasteiger partial charge in [-0.3, -0.25) is 0 Å². The Morgan fingerprint density at radius 3 is 2.43 bits per heavy atom. The molecule has 0 unspecified atom stereocenters. The number of esters is 1. The fourth-order valence-corrected chi connectivity index (χ4v) is 3.51. The van der Waals surface area contributed by atoms with Crippen LogP contribution < -0.4 is 4.90 Å². The van der Waals surface area contributed by atoms with Crippen molar-refractivity contribution in [3.05, 3.63) is 35.4 Å². The zero-order valence-electron chi connectivity index (χ0n) is 14.1. The largest absolute Gasteiger partial charge is 0.467 e. The number of nitrogens with zero attached hydrogens (tertiary/aromatic N) is 1. The molecule has 3 nitrogen and oxygen atoms in total. The average molecular weight is 287 g/mol. The van der Waals surface area contributed by atoms with Gasteiger partial charge in [0.25, 0.3) is 0 Å². The van der Waals surface area contributed by atoms with Crippen LogP contribution in [0.5, 0.6) is 0 Å². The van der Waals surface area contributed by atoms with Crippen molar-refractivity contribution < 1.29 is 9.53 Å². The maximum Gasteiger partial charge on any atom is 0.331 e. The molecule has 2 rings (SSSR count). The monoisotopic (exact) mass is 287 g/mol. The van der Waals surface area contributed by atoms with E-state index in [4.69, 9.17) is 4.74 Å². The number of anilines is 1. The quantitative estimate of drug-likeness (QED) is 0.771. The Kier molecular flexibility index (Phi) is 3.64. The first-order valence-corrected chi connectivity index (χ1v) is 7.30. The maximum absolute atomic E-state index is 12.3. The molecule has 1 aliphatic rings. The number of hydrogen-bond acceptors (Lipinski definition) is 3. The van der Waals surface area contributed by atoms with Crippen molar-refractivity contribution in [1.82, 2.24) is 0 Å². The molecule has 0 saturated carbocycles. The molecule has 1 aromatic carbocycles. The van der Waals surface area contributed by atoms with Gasteiger partial charge in [0.2, 0.25) is 0 Å². The van der Waals surface area contributed by atoms with Gasteiger partial charge in [0.05, 0.1) is 12.6 Å². The minimum Gasteiger partial charge on any atom is -0.467 e. The van der Waals surface area contributed by atoms with Crippen molar-refractivity contribution in [2.24, 2.45) is 0 Å². The van der Waals surface area contributed by atoms with Crippen molar-refractivity contribution >= 4 is 17.2 Å². The highest BCUT2D eigenvalue weighted by molar-refractivity contribution is 5.90. The Morgan fingerprint density at radius 1 is 1.24 bits per heavy atom. The van der Waals surface area contributed by atoms with Gasteiger partial charge in [0.1, 0.15) is 5.54 Å². The summed E-state index contributed by atoms with van der Waals surface area (Å²) in [5.74, 6) is -0.227. The summed E-state index contributed by atoms with van der Waals surface area (Å²) in [6, 6.07) is 6.37. The van der Waals surface area contributed by atoms with Crippen molar-refractivity contribution in [2.75, 3.05) is 12.0 Å². The lowest BCUT2D eigenvalue weighted by Crippen LogP contribution is -2.60. The van der Waals surface area contributed by atoms with Crippen LogP contribution in [0, 0.1) is 6.92 Å². The number of ether oxygens (including phenoxy) is 1. The number of carbonyl (C=O) groups excluding carboxylic acids is 1. The molecule has 0 spiro atoms. The number of carbonyl (C=O) groups is 1. The van der Waals surface area contributed by atoms with Crippen molar-refractivity contribution in [3.8, 4) is 0 Å². The molecular formula is C18H25NO2. The van der Waals surface area contributed by atoms with Crippen LogP contribution in [0.25, 0.3) is 5.57 Å². The highest BCUT2D eigenvalue weighted by Gasteiger charge is 2.45. The van der Waals surface area contributed by atoms with Crippen molar-refractivity contribution in [1.29, 1.82) is 0 Å². The third-order valence-electron chi connectivity index (χ3n) is 4.21. The molecule has 1 aliphatic heterocycles. The molecule has 0 aromatic heterocycles. The van der Waals surface area contributed by atoms with E-state index >= 15 is 0 Å². The molecule has 1 aromatic rings. The van der Waals surface area contributed by atoms with E-state index in [1.54, 1.807) is 0 Å². The number of benzene rings is 1. The molecule has 0 atom stereocenters. The predicted octanol–water partition coefficient (Wildman–Crippen LogP) is 3.95. The van der Waals surface area contributed by atoms with Gasteiger partial charge in [-0.15, -0.1) is 0 Å². The van der Waals surface area contributed by atoms with Crippen molar-refractivity contribution in [3.63, 3.8) is 0 Å². The summed E-state index contributed by atoms with van der Waals surface area (Å²) in [4.78, 5) is 14.5. The second-order valence-electron chi connectivity index (χ2n) is 6.89.